The van der Waals surface area contributed by atoms with Crippen LogP contribution in [-0.2, 0) is 0 Å². The van der Waals surface area contributed by atoms with Crippen LogP contribution in [-0.4, -0.2) is 11.7 Å². The molecule has 1 atom stereocenters. The summed E-state index contributed by atoms with van der Waals surface area (Å²) < 4.78 is 0. The minimum Gasteiger partial charge on any atom is -0.396 e. The average Bonchev–Trinajstić information content (AvgIpc) is 1.87. The maximum Gasteiger partial charge on any atom is 0.0496 e. The monoisotopic (exact) mass is 154 g/mol. The molecule has 0 aromatic heterocycles. The molecule has 0 spiro atoms. The molecule has 11 heavy (non-hydrogen) atoms. The molecule has 0 saturated heterocycles. The molecule has 0 amide bonds. The summed E-state index contributed by atoms with van der Waals surface area (Å²) in [6, 6.07) is 0. The fourth-order valence-electron chi connectivity index (χ4n) is 0.914. The van der Waals surface area contributed by atoms with Gasteiger partial charge in [0.1, 0.15) is 0 Å². The predicted octanol–water partition coefficient (Wildman–Crippen LogP) is 2.53. The molecule has 1 nitrogen and oxygen atoms in total. The Morgan fingerprint density at radius 2 is 1.91 bits per heavy atom. The van der Waals surface area contributed by atoms with E-state index in [-0.39, 0.29) is 12.5 Å². The fraction of sp³-hybridized carbons (Fsp3) is 0.600. The Kier molecular flexibility index (Phi) is 4.88. The molecule has 0 heterocycles. The molecule has 0 radical (unpaired) electrons. The van der Waals surface area contributed by atoms with Crippen molar-refractivity contribution >= 4 is 0 Å². The van der Waals surface area contributed by atoms with Gasteiger partial charge in [0.15, 0.2) is 0 Å². The van der Waals surface area contributed by atoms with Crippen molar-refractivity contribution in [1.82, 2.24) is 0 Å². The van der Waals surface area contributed by atoms with E-state index >= 15 is 0 Å². The third-order valence-electron chi connectivity index (χ3n) is 1.84. The second-order valence-electron chi connectivity index (χ2n) is 3.22. The van der Waals surface area contributed by atoms with E-state index in [9.17, 15) is 0 Å². The molecule has 64 valence electrons. The van der Waals surface area contributed by atoms with Crippen LogP contribution in [0.5, 0.6) is 0 Å². The van der Waals surface area contributed by atoms with E-state index in [4.69, 9.17) is 5.11 Å². The first-order valence-electron chi connectivity index (χ1n) is 3.98. The Morgan fingerprint density at radius 1 is 1.36 bits per heavy atom. The first-order chi connectivity index (χ1) is 5.07. The molecule has 0 unspecified atom stereocenters. The van der Waals surface area contributed by atoms with Crippen LogP contribution in [0.2, 0.25) is 0 Å². The van der Waals surface area contributed by atoms with E-state index < -0.39 is 0 Å². The highest BCUT2D eigenvalue weighted by molar-refractivity contribution is 4.98. The molecule has 0 aliphatic heterocycles. The van der Waals surface area contributed by atoms with Gasteiger partial charge in [0.25, 0.3) is 0 Å². The SMILES string of the molecule is C=C(C)CC[C@@H](CO)C(=C)C. The lowest BCUT2D eigenvalue weighted by atomic mass is 9.96. The van der Waals surface area contributed by atoms with E-state index in [0.717, 1.165) is 18.4 Å². The van der Waals surface area contributed by atoms with Crippen molar-refractivity contribution < 1.29 is 5.11 Å². The van der Waals surface area contributed by atoms with Crippen LogP contribution in [0.15, 0.2) is 24.3 Å². The Hall–Kier alpha value is -0.560. The second kappa shape index (κ2) is 5.14. The molecule has 0 aromatic rings. The molecule has 0 aliphatic rings. The minimum atomic E-state index is 0.211. The van der Waals surface area contributed by atoms with E-state index in [1.807, 2.05) is 13.8 Å². The molecule has 0 bridgehead atoms. The van der Waals surface area contributed by atoms with Gasteiger partial charge in [0, 0.05) is 12.5 Å². The second-order valence-corrected chi connectivity index (χ2v) is 3.22. The Balaban J connectivity index is 3.70. The van der Waals surface area contributed by atoms with E-state index in [2.05, 4.69) is 13.2 Å². The molecule has 1 N–H and O–H groups in total. The highest BCUT2D eigenvalue weighted by Gasteiger charge is 2.06. The summed E-state index contributed by atoms with van der Waals surface area (Å²) in [7, 11) is 0. The van der Waals surface area contributed by atoms with Gasteiger partial charge in [-0.25, -0.2) is 0 Å². The molecule has 0 saturated carbocycles. The van der Waals surface area contributed by atoms with Gasteiger partial charge in [-0.1, -0.05) is 17.7 Å². The minimum absolute atomic E-state index is 0.211. The van der Waals surface area contributed by atoms with Gasteiger partial charge in [-0.2, -0.15) is 0 Å². The van der Waals surface area contributed by atoms with Crippen molar-refractivity contribution in [3.63, 3.8) is 0 Å². The van der Waals surface area contributed by atoms with Crippen molar-refractivity contribution in [3.8, 4) is 0 Å². The standard InChI is InChI=1S/C10H18O/c1-8(2)5-6-10(7-11)9(3)4/h10-11H,1,3,5-7H2,2,4H3/t10-/m0/s1. The topological polar surface area (TPSA) is 20.2 Å². The molecular weight excluding hydrogens is 136 g/mol. The Bertz CT molecular complexity index is 147. The zero-order chi connectivity index (χ0) is 8.85. The number of aliphatic hydroxyl groups excluding tert-OH is 1. The third-order valence-corrected chi connectivity index (χ3v) is 1.84. The molecular formula is C10H18O. The number of rotatable bonds is 5. The zero-order valence-corrected chi connectivity index (χ0v) is 7.56. The summed E-state index contributed by atoms with van der Waals surface area (Å²) in [6.07, 6.45) is 1.96. The molecule has 0 aliphatic carbocycles. The van der Waals surface area contributed by atoms with Crippen LogP contribution in [0, 0.1) is 5.92 Å². The van der Waals surface area contributed by atoms with Crippen molar-refractivity contribution in [2.45, 2.75) is 26.7 Å². The largest absolute Gasteiger partial charge is 0.396 e. The fourth-order valence-corrected chi connectivity index (χ4v) is 0.914. The van der Waals surface area contributed by atoms with Crippen molar-refractivity contribution in [3.05, 3.63) is 24.3 Å². The van der Waals surface area contributed by atoms with Gasteiger partial charge in [-0.15, -0.1) is 6.58 Å². The molecule has 0 rings (SSSR count). The van der Waals surface area contributed by atoms with Gasteiger partial charge < -0.3 is 5.11 Å². The van der Waals surface area contributed by atoms with Crippen molar-refractivity contribution in [2.75, 3.05) is 6.61 Å². The maximum atomic E-state index is 8.92. The van der Waals surface area contributed by atoms with Gasteiger partial charge in [-0.05, 0) is 26.7 Å². The highest BCUT2D eigenvalue weighted by atomic mass is 16.3. The summed E-state index contributed by atoms with van der Waals surface area (Å²) in [5.41, 5.74) is 2.23. The van der Waals surface area contributed by atoms with Crippen LogP contribution in [0.4, 0.5) is 0 Å². The van der Waals surface area contributed by atoms with Crippen molar-refractivity contribution in [1.29, 1.82) is 0 Å². The number of allylic oxidation sites excluding steroid dienone is 1. The maximum absolute atomic E-state index is 8.92. The van der Waals surface area contributed by atoms with E-state index in [0.29, 0.717) is 0 Å². The highest BCUT2D eigenvalue weighted by Crippen LogP contribution is 2.16. The quantitative estimate of drug-likeness (QED) is 0.603. The Labute approximate surface area is 69.4 Å². The van der Waals surface area contributed by atoms with Gasteiger partial charge in [0.2, 0.25) is 0 Å². The molecule has 1 heteroatoms. The smallest absolute Gasteiger partial charge is 0.0496 e. The Morgan fingerprint density at radius 3 is 2.18 bits per heavy atom. The summed E-state index contributed by atoms with van der Waals surface area (Å²) in [5, 5.41) is 8.92. The van der Waals surface area contributed by atoms with Crippen LogP contribution in [0.3, 0.4) is 0 Å². The predicted molar refractivity (Wildman–Crippen MR) is 49.4 cm³/mol. The van der Waals surface area contributed by atoms with Crippen LogP contribution >= 0.6 is 0 Å². The first-order valence-corrected chi connectivity index (χ1v) is 3.98. The summed E-state index contributed by atoms with van der Waals surface area (Å²) in [5.74, 6) is 0.256. The summed E-state index contributed by atoms with van der Waals surface area (Å²) >= 11 is 0. The number of hydrogen-bond acceptors (Lipinski definition) is 1. The van der Waals surface area contributed by atoms with E-state index in [1.54, 1.807) is 0 Å². The van der Waals surface area contributed by atoms with Crippen LogP contribution in [0.1, 0.15) is 26.7 Å². The van der Waals surface area contributed by atoms with Crippen molar-refractivity contribution in [2.24, 2.45) is 5.92 Å². The lowest BCUT2D eigenvalue weighted by Crippen LogP contribution is -2.06. The summed E-state index contributed by atoms with van der Waals surface area (Å²) in [4.78, 5) is 0. The summed E-state index contributed by atoms with van der Waals surface area (Å²) in [6.45, 7) is 11.8. The number of aliphatic hydroxyl groups is 1. The zero-order valence-electron chi connectivity index (χ0n) is 7.56. The third kappa shape index (κ3) is 4.79. The lowest BCUT2D eigenvalue weighted by molar-refractivity contribution is 0.240. The van der Waals surface area contributed by atoms with Crippen LogP contribution < -0.4 is 0 Å². The average molecular weight is 154 g/mol. The van der Waals surface area contributed by atoms with Gasteiger partial charge in [-0.3, -0.25) is 0 Å². The van der Waals surface area contributed by atoms with Gasteiger partial charge >= 0.3 is 0 Å². The molecule has 0 fully saturated rings. The van der Waals surface area contributed by atoms with Crippen LogP contribution in [0.25, 0.3) is 0 Å². The lowest BCUT2D eigenvalue weighted by Gasteiger charge is -2.13. The first kappa shape index (κ1) is 10.4. The number of hydrogen-bond donors (Lipinski definition) is 1. The van der Waals surface area contributed by atoms with Gasteiger partial charge in [0.05, 0.1) is 0 Å². The van der Waals surface area contributed by atoms with E-state index in [1.165, 1.54) is 5.57 Å². The normalized spacial score (nSPS) is 12.6. The molecule has 0 aromatic carbocycles.